The summed E-state index contributed by atoms with van der Waals surface area (Å²) in [6.45, 7) is 7.67. The lowest BCUT2D eigenvalue weighted by Crippen LogP contribution is -2.50. The van der Waals surface area contributed by atoms with Gasteiger partial charge in [0, 0.05) is 39.4 Å². The number of amides is 2. The molecule has 1 aromatic carbocycles. The molecule has 11 heteroatoms. The Bertz CT molecular complexity index is 1590. The van der Waals surface area contributed by atoms with E-state index in [0.717, 1.165) is 11.2 Å². The summed E-state index contributed by atoms with van der Waals surface area (Å²) in [4.78, 5) is 51.2. The average molecular weight is 530 g/mol. The molecule has 202 valence electrons. The number of anilines is 2. The summed E-state index contributed by atoms with van der Waals surface area (Å²) in [7, 11) is 1.70. The van der Waals surface area contributed by atoms with Crippen molar-refractivity contribution in [3.63, 3.8) is 0 Å². The van der Waals surface area contributed by atoms with Gasteiger partial charge in [-0.2, -0.15) is 0 Å². The molecule has 1 fully saturated rings. The Morgan fingerprint density at radius 2 is 1.67 bits per heavy atom. The van der Waals surface area contributed by atoms with Crippen LogP contribution >= 0.6 is 0 Å². The highest BCUT2D eigenvalue weighted by Gasteiger charge is 2.27. The average Bonchev–Trinajstić information content (AvgIpc) is 3.18. The molecule has 4 heterocycles. The van der Waals surface area contributed by atoms with E-state index in [2.05, 4.69) is 20.2 Å². The number of benzene rings is 1. The fraction of sp³-hybridized carbons (Fsp3) is 0.321. The quantitative estimate of drug-likeness (QED) is 0.431. The van der Waals surface area contributed by atoms with E-state index in [9.17, 15) is 14.4 Å². The van der Waals surface area contributed by atoms with Gasteiger partial charge in [-0.05, 0) is 51.1 Å². The molecule has 0 spiro atoms. The van der Waals surface area contributed by atoms with E-state index in [4.69, 9.17) is 4.74 Å². The highest BCUT2D eigenvalue weighted by atomic mass is 16.6. The lowest BCUT2D eigenvalue weighted by atomic mass is 10.2. The van der Waals surface area contributed by atoms with Crippen molar-refractivity contribution in [3.05, 3.63) is 77.1 Å². The third-order valence-corrected chi connectivity index (χ3v) is 6.48. The largest absolute Gasteiger partial charge is 0.444 e. The predicted molar refractivity (Wildman–Crippen MR) is 149 cm³/mol. The number of rotatable bonds is 4. The van der Waals surface area contributed by atoms with Crippen molar-refractivity contribution >= 4 is 34.4 Å². The number of aromatic nitrogens is 4. The lowest BCUT2D eigenvalue weighted by molar-refractivity contribution is 0.0240. The summed E-state index contributed by atoms with van der Waals surface area (Å²) >= 11 is 0. The number of nitrogens with one attached hydrogen (secondary N) is 1. The standard InChI is InChI=1S/C28H31N7O4/c1-28(2,3)39-27(38)34-16-14-33(15-17-34)21-12-13-29-18-20(21)31-25(36)19-8-7-11-24(30-19)35-23-10-6-5-9-22(23)32(4)26(35)37/h5-13,18H,14-17H2,1-4H3,(H,31,36). The maximum absolute atomic E-state index is 13.3. The number of nitrogens with zero attached hydrogens (tertiary/aromatic N) is 6. The van der Waals surface area contributed by atoms with Gasteiger partial charge in [0.05, 0.1) is 28.6 Å². The predicted octanol–water partition coefficient (Wildman–Crippen LogP) is 3.43. The second-order valence-corrected chi connectivity index (χ2v) is 10.3. The molecule has 1 saturated heterocycles. The first-order chi connectivity index (χ1) is 18.6. The number of pyridine rings is 2. The molecule has 2 amide bonds. The summed E-state index contributed by atoms with van der Waals surface area (Å²) < 4.78 is 8.53. The first-order valence-corrected chi connectivity index (χ1v) is 12.7. The molecule has 0 aliphatic carbocycles. The van der Waals surface area contributed by atoms with E-state index in [1.807, 2.05) is 51.1 Å². The Morgan fingerprint density at radius 1 is 0.949 bits per heavy atom. The fourth-order valence-electron chi connectivity index (χ4n) is 4.59. The van der Waals surface area contributed by atoms with E-state index in [1.165, 1.54) is 4.57 Å². The van der Waals surface area contributed by atoms with Crippen LogP contribution in [0.25, 0.3) is 16.9 Å². The lowest BCUT2D eigenvalue weighted by Gasteiger charge is -2.37. The monoisotopic (exact) mass is 529 g/mol. The normalized spacial score (nSPS) is 13.9. The number of hydrogen-bond acceptors (Lipinski definition) is 7. The molecule has 11 nitrogen and oxygen atoms in total. The first-order valence-electron chi connectivity index (χ1n) is 12.7. The minimum absolute atomic E-state index is 0.164. The smallest absolute Gasteiger partial charge is 0.410 e. The third-order valence-electron chi connectivity index (χ3n) is 6.48. The third kappa shape index (κ3) is 5.33. The Morgan fingerprint density at radius 3 is 2.38 bits per heavy atom. The molecule has 0 unspecified atom stereocenters. The number of imidazole rings is 1. The molecule has 0 atom stereocenters. The fourth-order valence-corrected chi connectivity index (χ4v) is 4.59. The Kier molecular flexibility index (Phi) is 6.81. The van der Waals surface area contributed by atoms with Gasteiger partial charge in [0.15, 0.2) is 0 Å². The minimum Gasteiger partial charge on any atom is -0.444 e. The van der Waals surface area contributed by atoms with Crippen LogP contribution in [0.5, 0.6) is 0 Å². The van der Waals surface area contributed by atoms with Crippen LogP contribution < -0.4 is 15.9 Å². The second kappa shape index (κ2) is 10.2. The van der Waals surface area contributed by atoms with Crippen molar-refractivity contribution in [1.29, 1.82) is 0 Å². The zero-order valence-electron chi connectivity index (χ0n) is 22.4. The van der Waals surface area contributed by atoms with Gasteiger partial charge in [0.25, 0.3) is 5.91 Å². The van der Waals surface area contributed by atoms with Crippen molar-refractivity contribution in [2.75, 3.05) is 36.4 Å². The number of carbonyl (C=O) groups is 2. The van der Waals surface area contributed by atoms with Crippen LogP contribution in [0.4, 0.5) is 16.2 Å². The molecule has 3 aromatic heterocycles. The van der Waals surface area contributed by atoms with Crippen LogP contribution in [0.15, 0.2) is 65.7 Å². The highest BCUT2D eigenvalue weighted by Crippen LogP contribution is 2.27. The van der Waals surface area contributed by atoms with Crippen molar-refractivity contribution in [2.24, 2.45) is 7.05 Å². The van der Waals surface area contributed by atoms with Gasteiger partial charge in [-0.25, -0.2) is 19.1 Å². The van der Waals surface area contributed by atoms with E-state index >= 15 is 0 Å². The molecule has 1 N–H and O–H groups in total. The summed E-state index contributed by atoms with van der Waals surface area (Å²) in [5.74, 6) is -0.0686. The molecular formula is C28H31N7O4. The SMILES string of the molecule is Cn1c(=O)n(-c2cccc(C(=O)Nc3cnccc3N3CCN(C(=O)OC(C)(C)C)CC3)n2)c2ccccc21. The number of hydrogen-bond donors (Lipinski definition) is 1. The highest BCUT2D eigenvalue weighted by molar-refractivity contribution is 6.04. The number of piperazine rings is 1. The summed E-state index contributed by atoms with van der Waals surface area (Å²) in [5, 5.41) is 2.92. The molecule has 0 bridgehead atoms. The molecule has 1 aliphatic heterocycles. The summed E-state index contributed by atoms with van der Waals surface area (Å²) in [6.07, 6.45) is 2.92. The number of carbonyl (C=O) groups excluding carboxylic acids is 2. The van der Waals surface area contributed by atoms with Gasteiger partial charge >= 0.3 is 11.8 Å². The van der Waals surface area contributed by atoms with Gasteiger partial charge < -0.3 is 19.9 Å². The first kappa shape index (κ1) is 26.0. The van der Waals surface area contributed by atoms with Crippen LogP contribution in [0, 0.1) is 0 Å². The molecule has 1 aliphatic rings. The zero-order valence-corrected chi connectivity index (χ0v) is 22.4. The second-order valence-electron chi connectivity index (χ2n) is 10.3. The zero-order chi connectivity index (χ0) is 27.7. The Balaban J connectivity index is 1.34. The van der Waals surface area contributed by atoms with Gasteiger partial charge in [-0.15, -0.1) is 0 Å². The maximum atomic E-state index is 13.3. The maximum Gasteiger partial charge on any atom is 0.410 e. The molecule has 0 radical (unpaired) electrons. The number of fused-ring (bicyclic) bond motifs is 1. The van der Waals surface area contributed by atoms with Crippen molar-refractivity contribution in [3.8, 4) is 5.82 Å². The Hall–Kier alpha value is -4.67. The number of aryl methyl sites for hydroxylation is 1. The van der Waals surface area contributed by atoms with Crippen molar-refractivity contribution in [2.45, 2.75) is 26.4 Å². The van der Waals surface area contributed by atoms with Gasteiger partial charge in [-0.3, -0.25) is 14.3 Å². The topological polar surface area (TPSA) is 115 Å². The van der Waals surface area contributed by atoms with Crippen LogP contribution in [0.3, 0.4) is 0 Å². The Labute approximate surface area is 225 Å². The molecular weight excluding hydrogens is 498 g/mol. The number of para-hydroxylation sites is 2. The van der Waals surface area contributed by atoms with Crippen LogP contribution in [0.2, 0.25) is 0 Å². The van der Waals surface area contributed by atoms with Crippen molar-refractivity contribution < 1.29 is 14.3 Å². The van der Waals surface area contributed by atoms with E-state index in [-0.39, 0.29) is 17.5 Å². The van der Waals surface area contributed by atoms with E-state index in [0.29, 0.717) is 43.2 Å². The molecule has 5 rings (SSSR count). The van der Waals surface area contributed by atoms with Crippen molar-refractivity contribution in [1.82, 2.24) is 24.0 Å². The summed E-state index contributed by atoms with van der Waals surface area (Å²) in [5.41, 5.74) is 2.16. The summed E-state index contributed by atoms with van der Waals surface area (Å²) in [6, 6.07) is 14.3. The molecule has 0 saturated carbocycles. The van der Waals surface area contributed by atoms with E-state index < -0.39 is 11.5 Å². The minimum atomic E-state index is -0.552. The van der Waals surface area contributed by atoms with Gasteiger partial charge in [-0.1, -0.05) is 18.2 Å². The van der Waals surface area contributed by atoms with Crippen LogP contribution in [0.1, 0.15) is 31.3 Å². The van der Waals surface area contributed by atoms with Gasteiger partial charge in [0.1, 0.15) is 17.1 Å². The number of ether oxygens (including phenoxy) is 1. The molecule has 4 aromatic rings. The van der Waals surface area contributed by atoms with E-state index in [1.54, 1.807) is 47.1 Å². The molecule has 39 heavy (non-hydrogen) atoms. The van der Waals surface area contributed by atoms with Crippen LogP contribution in [-0.4, -0.2) is 67.8 Å². The van der Waals surface area contributed by atoms with Gasteiger partial charge in [0.2, 0.25) is 0 Å². The van der Waals surface area contributed by atoms with Crippen LogP contribution in [-0.2, 0) is 11.8 Å².